The van der Waals surface area contributed by atoms with Crippen molar-refractivity contribution < 1.29 is 23.7 Å². The summed E-state index contributed by atoms with van der Waals surface area (Å²) in [5, 5.41) is 3.21. The monoisotopic (exact) mass is 579 g/mol. The predicted octanol–water partition coefficient (Wildman–Crippen LogP) is 4.67. The van der Waals surface area contributed by atoms with Crippen molar-refractivity contribution in [2.45, 2.75) is 45.7 Å². The second-order valence-electron chi connectivity index (χ2n) is 12.1. The van der Waals surface area contributed by atoms with Crippen LogP contribution in [0.2, 0.25) is 0 Å². The summed E-state index contributed by atoms with van der Waals surface area (Å²) in [5.74, 6) is -0.174. The maximum atomic E-state index is 13.2. The lowest BCUT2D eigenvalue weighted by molar-refractivity contribution is -0.414. The predicted molar refractivity (Wildman–Crippen MR) is 169 cm³/mol. The molecular formula is C35H39N4O4+. The highest BCUT2D eigenvalue weighted by atomic mass is 16.5. The number of nitrogens with zero attached hydrogens (tertiary/aromatic N) is 3. The van der Waals surface area contributed by atoms with Gasteiger partial charge in [-0.3, -0.25) is 9.59 Å². The van der Waals surface area contributed by atoms with Gasteiger partial charge in [-0.2, -0.15) is 4.58 Å². The molecule has 2 aliphatic heterocycles. The Balaban J connectivity index is 1.32. The molecule has 222 valence electrons. The second-order valence-corrected chi connectivity index (χ2v) is 12.1. The summed E-state index contributed by atoms with van der Waals surface area (Å²) in [7, 11) is 1.71. The Hall–Kier alpha value is -4.43. The van der Waals surface area contributed by atoms with Crippen LogP contribution in [0.5, 0.6) is 0 Å². The van der Waals surface area contributed by atoms with Crippen molar-refractivity contribution in [2.75, 3.05) is 38.7 Å². The van der Waals surface area contributed by atoms with Crippen molar-refractivity contribution in [3.63, 3.8) is 0 Å². The first-order valence-electron chi connectivity index (χ1n) is 14.7. The van der Waals surface area contributed by atoms with Crippen LogP contribution in [-0.2, 0) is 21.4 Å². The Labute approximate surface area is 253 Å². The summed E-state index contributed by atoms with van der Waals surface area (Å²) in [5.41, 5.74) is 6.56. The fourth-order valence-electron chi connectivity index (χ4n) is 5.30. The number of nitrogens with one attached hydrogen (secondary N) is 1. The molecule has 43 heavy (non-hydrogen) atoms. The first-order valence-corrected chi connectivity index (χ1v) is 14.7. The van der Waals surface area contributed by atoms with Gasteiger partial charge in [0.15, 0.2) is 12.0 Å². The number of hydrogen-bond donors (Lipinski definition) is 1. The summed E-state index contributed by atoms with van der Waals surface area (Å²) in [6, 6.07) is 20.8. The zero-order valence-electron chi connectivity index (χ0n) is 25.5. The van der Waals surface area contributed by atoms with Gasteiger partial charge in [0.1, 0.15) is 12.8 Å². The normalized spacial score (nSPS) is 17.3. The molecule has 2 amide bonds. The van der Waals surface area contributed by atoms with Crippen molar-refractivity contribution in [1.29, 1.82) is 0 Å². The quantitative estimate of drug-likeness (QED) is 0.325. The van der Waals surface area contributed by atoms with E-state index in [-0.39, 0.29) is 29.4 Å². The molecule has 0 radical (unpaired) electrons. The third kappa shape index (κ3) is 6.81. The molecule has 8 nitrogen and oxygen atoms in total. The van der Waals surface area contributed by atoms with Crippen LogP contribution >= 0.6 is 0 Å². The molecule has 0 aliphatic carbocycles. The summed E-state index contributed by atoms with van der Waals surface area (Å²) in [6.07, 6.45) is 1.16. The minimum Gasteiger partial charge on any atom is -0.378 e. The number of carbonyl (C=O) groups excluding carboxylic acids is 3. The fourth-order valence-corrected chi connectivity index (χ4v) is 5.30. The average Bonchev–Trinajstić information content (AvgIpc) is 3.00. The van der Waals surface area contributed by atoms with Gasteiger partial charge in [-0.05, 0) is 53.3 Å². The molecule has 0 spiro atoms. The van der Waals surface area contributed by atoms with Crippen LogP contribution in [0.4, 0.5) is 5.69 Å². The number of hydrogen-bond acceptors (Lipinski definition) is 6. The molecule has 3 aromatic carbocycles. The Morgan fingerprint density at radius 2 is 1.63 bits per heavy atom. The highest BCUT2D eigenvalue weighted by Gasteiger charge is 2.32. The molecule has 1 unspecified atom stereocenters. The van der Waals surface area contributed by atoms with Gasteiger partial charge in [0, 0.05) is 41.9 Å². The standard InChI is InChI=1S/C35H38N4O4/c1-23-26(21-31(40)24-9-13-27(14-10-24)35(2,3)4)7-6-8-29(23)30-22-38(5)34(42)32(37-30)36-28-15-11-25(12-16-28)33(41)39-17-19-43-20-18-39/h6-16,22,32H,17-21H2,1-5H3/p+1. The van der Waals surface area contributed by atoms with Crippen molar-refractivity contribution >= 4 is 35.2 Å². The van der Waals surface area contributed by atoms with E-state index in [0.717, 1.165) is 16.7 Å². The van der Waals surface area contributed by atoms with E-state index in [4.69, 9.17) is 9.73 Å². The molecule has 2 heterocycles. The van der Waals surface area contributed by atoms with Crippen molar-refractivity contribution in [2.24, 2.45) is 4.99 Å². The number of benzene rings is 3. The maximum Gasteiger partial charge on any atom is 0.431 e. The minimum absolute atomic E-state index is 0.0243. The molecular weight excluding hydrogens is 540 g/mol. The lowest BCUT2D eigenvalue weighted by atomic mass is 9.86. The average molecular weight is 580 g/mol. The van der Waals surface area contributed by atoms with Crippen LogP contribution in [0.3, 0.4) is 0 Å². The smallest absolute Gasteiger partial charge is 0.378 e. The highest BCUT2D eigenvalue weighted by Crippen LogP contribution is 2.24. The van der Waals surface area contributed by atoms with Crippen molar-refractivity contribution in [3.8, 4) is 0 Å². The van der Waals surface area contributed by atoms with E-state index in [9.17, 15) is 14.4 Å². The van der Waals surface area contributed by atoms with Gasteiger partial charge in [-0.25, -0.2) is 9.79 Å². The number of likely N-dealkylation sites (N-methyl/N-ethyl adjacent to an activating group) is 1. The Morgan fingerprint density at radius 3 is 2.28 bits per heavy atom. The van der Waals surface area contributed by atoms with E-state index in [1.807, 2.05) is 49.4 Å². The van der Waals surface area contributed by atoms with E-state index >= 15 is 0 Å². The van der Waals surface area contributed by atoms with E-state index in [0.29, 0.717) is 48.8 Å². The van der Waals surface area contributed by atoms with Gasteiger partial charge in [0.05, 0.1) is 13.2 Å². The zero-order valence-corrected chi connectivity index (χ0v) is 25.5. The summed E-state index contributed by atoms with van der Waals surface area (Å²) >= 11 is 0. The fraction of sp³-hybridized carbons (Fsp3) is 0.343. The van der Waals surface area contributed by atoms with Crippen molar-refractivity contribution in [1.82, 2.24) is 4.90 Å². The number of Topliss-reactive ketones (excluding diaryl/α,β-unsaturated/α-hetero) is 1. The van der Waals surface area contributed by atoms with Gasteiger partial charge in [0.25, 0.3) is 5.91 Å². The number of ether oxygens (including phenoxy) is 1. The molecule has 2 aliphatic rings. The number of aliphatic imine (C=N–C) groups is 1. The molecule has 1 fully saturated rings. The van der Waals surface area contributed by atoms with Gasteiger partial charge in [-0.1, -0.05) is 63.2 Å². The molecule has 5 rings (SSSR count). The summed E-state index contributed by atoms with van der Waals surface area (Å²) < 4.78 is 6.87. The molecule has 8 heteroatoms. The lowest BCUT2D eigenvalue weighted by Crippen LogP contribution is -2.41. The largest absolute Gasteiger partial charge is 0.431 e. The van der Waals surface area contributed by atoms with Gasteiger partial charge >= 0.3 is 5.91 Å². The SMILES string of the molecule is Cc1c(CC(=O)c2ccc(C(C)(C)C)cc2)cccc1C1=NC(Nc2ccc(C(=O)N3CCOCC3)cc2)C(=O)[N+](C)=C1. The van der Waals surface area contributed by atoms with Crippen LogP contribution in [0.15, 0.2) is 71.7 Å². The van der Waals surface area contributed by atoms with E-state index in [1.54, 1.807) is 42.4 Å². The molecule has 0 aromatic heterocycles. The second kappa shape index (κ2) is 12.4. The van der Waals surface area contributed by atoms with Crippen LogP contribution in [0, 0.1) is 6.92 Å². The highest BCUT2D eigenvalue weighted by molar-refractivity contribution is 6.38. The Kier molecular flexibility index (Phi) is 8.69. The van der Waals surface area contributed by atoms with Crippen LogP contribution in [0.1, 0.15) is 63.7 Å². The Bertz CT molecular complexity index is 1590. The van der Waals surface area contributed by atoms with E-state index < -0.39 is 6.17 Å². The molecule has 1 saturated heterocycles. The number of rotatable bonds is 7. The van der Waals surface area contributed by atoms with Crippen LogP contribution in [-0.4, -0.2) is 78.5 Å². The maximum absolute atomic E-state index is 13.2. The molecule has 1 N–H and O–H groups in total. The third-order valence-electron chi connectivity index (χ3n) is 8.05. The van der Waals surface area contributed by atoms with Crippen LogP contribution in [0.25, 0.3) is 0 Å². The number of anilines is 1. The number of carbonyl (C=O) groups is 3. The summed E-state index contributed by atoms with van der Waals surface area (Å²) in [4.78, 5) is 45.6. The van der Waals surface area contributed by atoms with Gasteiger partial charge in [0.2, 0.25) is 6.17 Å². The Morgan fingerprint density at radius 1 is 0.977 bits per heavy atom. The lowest BCUT2D eigenvalue weighted by Gasteiger charge is -2.27. The van der Waals surface area contributed by atoms with Crippen LogP contribution < -0.4 is 5.32 Å². The summed E-state index contributed by atoms with van der Waals surface area (Å²) in [6.45, 7) is 10.7. The van der Waals surface area contributed by atoms with Crippen molar-refractivity contribution in [3.05, 3.63) is 100 Å². The number of morpholine rings is 1. The molecule has 3 aromatic rings. The minimum atomic E-state index is -0.836. The molecule has 0 saturated carbocycles. The topological polar surface area (TPSA) is 91.1 Å². The zero-order chi connectivity index (χ0) is 30.7. The van der Waals surface area contributed by atoms with E-state index in [2.05, 4.69) is 26.1 Å². The van der Waals surface area contributed by atoms with E-state index in [1.165, 1.54) is 10.1 Å². The molecule has 0 bridgehead atoms. The first-order chi connectivity index (χ1) is 20.5. The first kappa shape index (κ1) is 30.0. The van der Waals surface area contributed by atoms with Gasteiger partial charge in [-0.15, -0.1) is 0 Å². The third-order valence-corrected chi connectivity index (χ3v) is 8.05. The number of amides is 2. The van der Waals surface area contributed by atoms with Gasteiger partial charge < -0.3 is 15.0 Å². The number of ketones is 1. The molecule has 1 atom stereocenters.